The first-order chi connectivity index (χ1) is 12.3. The highest BCUT2D eigenvalue weighted by molar-refractivity contribution is 9.10. The van der Waals surface area contributed by atoms with E-state index >= 15 is 0 Å². The predicted molar refractivity (Wildman–Crippen MR) is 107 cm³/mol. The molecule has 0 fully saturated rings. The molecule has 5 nitrogen and oxygen atoms in total. The fraction of sp³-hybridized carbons (Fsp3) is 0.300. The zero-order valence-electron chi connectivity index (χ0n) is 15.3. The molecule has 2 amide bonds. The van der Waals surface area contributed by atoms with Gasteiger partial charge in [-0.25, -0.2) is 0 Å². The molecule has 2 aromatic rings. The average molecular weight is 419 g/mol. The minimum Gasteiger partial charge on any atom is -0.497 e. The molecule has 0 heterocycles. The number of carbonyl (C=O) groups excluding carboxylic acids is 2. The lowest BCUT2D eigenvalue weighted by atomic mass is 10.0. The maximum Gasteiger partial charge on any atom is 0.251 e. The van der Waals surface area contributed by atoms with Crippen molar-refractivity contribution in [2.24, 2.45) is 5.92 Å². The van der Waals surface area contributed by atoms with Crippen molar-refractivity contribution in [1.82, 2.24) is 5.32 Å². The Kier molecular flexibility index (Phi) is 6.80. The number of amides is 2. The van der Waals surface area contributed by atoms with Crippen molar-refractivity contribution in [2.75, 3.05) is 12.4 Å². The van der Waals surface area contributed by atoms with Gasteiger partial charge in [0.25, 0.3) is 5.91 Å². The molecule has 0 saturated heterocycles. The third-order valence-electron chi connectivity index (χ3n) is 4.01. The van der Waals surface area contributed by atoms with Gasteiger partial charge in [0.15, 0.2) is 0 Å². The maximum absolute atomic E-state index is 12.7. The summed E-state index contributed by atoms with van der Waals surface area (Å²) in [6.07, 6.45) is 0. The van der Waals surface area contributed by atoms with Crippen molar-refractivity contribution < 1.29 is 14.3 Å². The standard InChI is InChI=1S/C20H23BrN2O3/c1-12(2)18(20(25)22-15-7-10-17(21)13(3)11-15)23-19(24)14-5-8-16(26-4)9-6-14/h5-12,18H,1-4H3,(H,22,25)(H,23,24)/t18-/m0/s1. The molecule has 0 spiro atoms. The third kappa shape index (κ3) is 5.08. The average Bonchev–Trinajstić information content (AvgIpc) is 2.62. The molecule has 26 heavy (non-hydrogen) atoms. The van der Waals surface area contributed by atoms with E-state index in [4.69, 9.17) is 4.74 Å². The van der Waals surface area contributed by atoms with Gasteiger partial charge in [-0.2, -0.15) is 0 Å². The summed E-state index contributed by atoms with van der Waals surface area (Å²) in [5.74, 6) is 0.0659. The second kappa shape index (κ2) is 8.85. The van der Waals surface area contributed by atoms with Gasteiger partial charge in [0.2, 0.25) is 5.91 Å². The molecule has 6 heteroatoms. The minimum absolute atomic E-state index is 0.0613. The molecular weight excluding hydrogens is 396 g/mol. The van der Waals surface area contributed by atoms with Crippen molar-refractivity contribution in [3.63, 3.8) is 0 Å². The Hall–Kier alpha value is -2.34. The Bertz CT molecular complexity index is 788. The summed E-state index contributed by atoms with van der Waals surface area (Å²) in [7, 11) is 1.57. The summed E-state index contributed by atoms with van der Waals surface area (Å²) < 4.78 is 6.07. The molecule has 138 valence electrons. The molecule has 2 aromatic carbocycles. The Morgan fingerprint density at radius 1 is 1.08 bits per heavy atom. The van der Waals surface area contributed by atoms with Crippen molar-refractivity contribution in [3.8, 4) is 5.75 Å². The lowest BCUT2D eigenvalue weighted by molar-refractivity contribution is -0.118. The second-order valence-corrected chi connectivity index (χ2v) is 7.23. The molecule has 0 aliphatic heterocycles. The number of hydrogen-bond donors (Lipinski definition) is 2. The molecule has 1 atom stereocenters. The van der Waals surface area contributed by atoms with Crippen LogP contribution in [0.25, 0.3) is 0 Å². The Morgan fingerprint density at radius 2 is 1.73 bits per heavy atom. The van der Waals surface area contributed by atoms with Gasteiger partial charge in [-0.3, -0.25) is 9.59 Å². The molecule has 0 aliphatic rings. The fourth-order valence-corrected chi connectivity index (χ4v) is 2.69. The molecule has 0 aliphatic carbocycles. The number of nitrogens with one attached hydrogen (secondary N) is 2. The minimum atomic E-state index is -0.645. The molecule has 0 unspecified atom stereocenters. The lowest BCUT2D eigenvalue weighted by Gasteiger charge is -2.22. The summed E-state index contributed by atoms with van der Waals surface area (Å²) in [5, 5.41) is 5.69. The molecule has 0 bridgehead atoms. The van der Waals surface area contributed by atoms with E-state index in [0.29, 0.717) is 17.0 Å². The molecule has 0 aromatic heterocycles. The second-order valence-electron chi connectivity index (χ2n) is 6.38. The molecular formula is C20H23BrN2O3. The van der Waals surface area contributed by atoms with E-state index in [0.717, 1.165) is 10.0 Å². The number of halogens is 1. The smallest absolute Gasteiger partial charge is 0.251 e. The van der Waals surface area contributed by atoms with Crippen LogP contribution in [0, 0.1) is 12.8 Å². The van der Waals surface area contributed by atoms with Gasteiger partial charge in [0.1, 0.15) is 11.8 Å². The van der Waals surface area contributed by atoms with Crippen LogP contribution in [0.1, 0.15) is 29.8 Å². The quantitative estimate of drug-likeness (QED) is 0.739. The van der Waals surface area contributed by atoms with E-state index < -0.39 is 6.04 Å². The number of rotatable bonds is 6. The van der Waals surface area contributed by atoms with Crippen LogP contribution in [0.5, 0.6) is 5.75 Å². The Labute approximate surface area is 162 Å². The zero-order chi connectivity index (χ0) is 19.3. The summed E-state index contributed by atoms with van der Waals surface area (Å²) in [6, 6.07) is 11.7. The first kappa shape index (κ1) is 20.0. The number of aryl methyl sites for hydroxylation is 1. The summed E-state index contributed by atoms with van der Waals surface area (Å²) >= 11 is 3.44. The predicted octanol–water partition coefficient (Wildman–Crippen LogP) is 4.16. The monoisotopic (exact) mass is 418 g/mol. The normalized spacial score (nSPS) is 11.8. The van der Waals surface area contributed by atoms with Crippen LogP contribution in [0.15, 0.2) is 46.9 Å². The van der Waals surface area contributed by atoms with Crippen molar-refractivity contribution in [1.29, 1.82) is 0 Å². The Balaban J connectivity index is 2.10. The van der Waals surface area contributed by atoms with E-state index in [1.807, 2.05) is 39.0 Å². The molecule has 2 N–H and O–H groups in total. The number of ether oxygens (including phenoxy) is 1. The van der Waals surface area contributed by atoms with Gasteiger partial charge < -0.3 is 15.4 Å². The van der Waals surface area contributed by atoms with Gasteiger partial charge in [0.05, 0.1) is 7.11 Å². The topological polar surface area (TPSA) is 67.4 Å². The van der Waals surface area contributed by atoms with Crippen molar-refractivity contribution >= 4 is 33.4 Å². The van der Waals surface area contributed by atoms with E-state index in [1.165, 1.54) is 0 Å². The number of hydrogen-bond acceptors (Lipinski definition) is 3. The van der Waals surface area contributed by atoms with Gasteiger partial charge in [0, 0.05) is 15.7 Å². The van der Waals surface area contributed by atoms with E-state index in [9.17, 15) is 9.59 Å². The number of carbonyl (C=O) groups is 2. The Morgan fingerprint density at radius 3 is 2.27 bits per heavy atom. The lowest BCUT2D eigenvalue weighted by Crippen LogP contribution is -2.47. The first-order valence-electron chi connectivity index (χ1n) is 8.33. The summed E-state index contributed by atoms with van der Waals surface area (Å²) in [5.41, 5.74) is 2.19. The highest BCUT2D eigenvalue weighted by Crippen LogP contribution is 2.20. The summed E-state index contributed by atoms with van der Waals surface area (Å²) in [6.45, 7) is 5.74. The van der Waals surface area contributed by atoms with Gasteiger partial charge >= 0.3 is 0 Å². The van der Waals surface area contributed by atoms with E-state index in [2.05, 4.69) is 26.6 Å². The summed E-state index contributed by atoms with van der Waals surface area (Å²) in [4.78, 5) is 25.1. The highest BCUT2D eigenvalue weighted by atomic mass is 79.9. The van der Waals surface area contributed by atoms with Gasteiger partial charge in [-0.05, 0) is 60.9 Å². The van der Waals surface area contributed by atoms with Crippen LogP contribution >= 0.6 is 15.9 Å². The number of methoxy groups -OCH3 is 1. The highest BCUT2D eigenvalue weighted by Gasteiger charge is 2.25. The maximum atomic E-state index is 12.7. The molecule has 0 saturated carbocycles. The SMILES string of the molecule is COc1ccc(C(=O)N[C@H](C(=O)Nc2ccc(Br)c(C)c2)C(C)C)cc1. The fourth-order valence-electron chi connectivity index (χ4n) is 2.44. The van der Waals surface area contributed by atoms with Crippen LogP contribution in [0.4, 0.5) is 5.69 Å². The van der Waals surface area contributed by atoms with Crippen LogP contribution in [-0.2, 0) is 4.79 Å². The third-order valence-corrected chi connectivity index (χ3v) is 4.90. The van der Waals surface area contributed by atoms with Crippen LogP contribution < -0.4 is 15.4 Å². The van der Waals surface area contributed by atoms with E-state index in [1.54, 1.807) is 31.4 Å². The molecule has 2 rings (SSSR count). The molecule has 0 radical (unpaired) electrons. The van der Waals surface area contributed by atoms with Crippen molar-refractivity contribution in [2.45, 2.75) is 26.8 Å². The van der Waals surface area contributed by atoms with Gasteiger partial charge in [-0.1, -0.05) is 29.8 Å². The van der Waals surface area contributed by atoms with Crippen LogP contribution in [0.2, 0.25) is 0 Å². The van der Waals surface area contributed by atoms with Gasteiger partial charge in [-0.15, -0.1) is 0 Å². The first-order valence-corrected chi connectivity index (χ1v) is 9.13. The van der Waals surface area contributed by atoms with Crippen LogP contribution in [0.3, 0.4) is 0 Å². The van der Waals surface area contributed by atoms with Crippen molar-refractivity contribution in [3.05, 3.63) is 58.1 Å². The number of anilines is 1. The van der Waals surface area contributed by atoms with E-state index in [-0.39, 0.29) is 17.7 Å². The zero-order valence-corrected chi connectivity index (χ0v) is 16.9. The largest absolute Gasteiger partial charge is 0.497 e. The van der Waals surface area contributed by atoms with Crippen LogP contribution in [-0.4, -0.2) is 25.0 Å². The number of benzene rings is 2.